The van der Waals surface area contributed by atoms with Crippen LogP contribution in [0.15, 0.2) is 170 Å². The molecule has 0 aliphatic rings. The SMILES string of the molecule is [Br-].c1ccc(COc2ccc(C[P+](c3ccccc3)(c3ccccc3)c3ccccc3)cc2OCc2ccccc2)cc1. The van der Waals surface area contributed by atoms with E-state index < -0.39 is 7.26 Å². The van der Waals surface area contributed by atoms with E-state index in [4.69, 9.17) is 9.47 Å². The summed E-state index contributed by atoms with van der Waals surface area (Å²) in [5.41, 5.74) is 3.46. The Morgan fingerprint density at radius 1 is 0.372 bits per heavy atom. The molecule has 6 aromatic rings. The Kier molecular flexibility index (Phi) is 10.4. The Bertz CT molecular complexity index is 1580. The summed E-state index contributed by atoms with van der Waals surface area (Å²) in [6.45, 7) is 0.958. The predicted octanol–water partition coefficient (Wildman–Crippen LogP) is 5.34. The van der Waals surface area contributed by atoms with Gasteiger partial charge in [0.25, 0.3) is 0 Å². The van der Waals surface area contributed by atoms with E-state index in [-0.39, 0.29) is 17.0 Å². The number of hydrogen-bond donors (Lipinski definition) is 0. The molecule has 43 heavy (non-hydrogen) atoms. The van der Waals surface area contributed by atoms with Gasteiger partial charge in [0.05, 0.1) is 6.16 Å². The molecule has 0 spiro atoms. The molecule has 214 valence electrons. The fraction of sp³-hybridized carbons (Fsp3) is 0.0769. The van der Waals surface area contributed by atoms with E-state index in [9.17, 15) is 0 Å². The monoisotopic (exact) mass is 644 g/mol. The van der Waals surface area contributed by atoms with Crippen LogP contribution in [0.4, 0.5) is 0 Å². The van der Waals surface area contributed by atoms with Gasteiger partial charge in [-0.15, -0.1) is 0 Å². The van der Waals surface area contributed by atoms with Gasteiger partial charge in [-0.05, 0) is 65.2 Å². The molecule has 0 radical (unpaired) electrons. The maximum atomic E-state index is 6.47. The van der Waals surface area contributed by atoms with Crippen molar-refractivity contribution in [2.75, 3.05) is 0 Å². The Morgan fingerprint density at radius 3 is 1.16 bits per heavy atom. The minimum atomic E-state index is -2.05. The zero-order valence-corrected chi connectivity index (χ0v) is 26.4. The van der Waals surface area contributed by atoms with Crippen LogP contribution in [-0.4, -0.2) is 0 Å². The van der Waals surface area contributed by atoms with Gasteiger partial charge in [-0.3, -0.25) is 0 Å². The first-order valence-electron chi connectivity index (χ1n) is 14.3. The van der Waals surface area contributed by atoms with Gasteiger partial charge in [0, 0.05) is 0 Å². The highest BCUT2D eigenvalue weighted by Gasteiger charge is 2.45. The van der Waals surface area contributed by atoms with Crippen molar-refractivity contribution in [2.24, 2.45) is 0 Å². The molecule has 6 rings (SSSR count). The third-order valence-electron chi connectivity index (χ3n) is 7.49. The molecular formula is C39H34BrO2P. The largest absolute Gasteiger partial charge is 1.00 e. The highest BCUT2D eigenvalue weighted by atomic mass is 79.9. The van der Waals surface area contributed by atoms with Crippen molar-refractivity contribution in [3.05, 3.63) is 187 Å². The molecule has 0 N–H and O–H groups in total. The maximum Gasteiger partial charge on any atom is 0.162 e. The lowest BCUT2D eigenvalue weighted by atomic mass is 10.2. The van der Waals surface area contributed by atoms with Gasteiger partial charge in [-0.2, -0.15) is 0 Å². The fourth-order valence-corrected chi connectivity index (χ4v) is 9.63. The predicted molar refractivity (Wildman–Crippen MR) is 177 cm³/mol. The van der Waals surface area contributed by atoms with E-state index >= 15 is 0 Å². The molecule has 0 bridgehead atoms. The third kappa shape index (κ3) is 7.25. The van der Waals surface area contributed by atoms with E-state index in [0.29, 0.717) is 13.2 Å². The molecule has 0 atom stereocenters. The molecule has 2 nitrogen and oxygen atoms in total. The molecule has 6 aromatic carbocycles. The quantitative estimate of drug-likeness (QED) is 0.177. The Balaban J connectivity index is 0.00000368. The first kappa shape index (κ1) is 30.3. The standard InChI is InChI=1S/C39H34O2P.BrH/c1-6-16-32(17-7-1)29-40-38-27-26-34(28-39(38)41-30-33-18-8-2-9-19-33)31-42(35-20-10-3-11-21-35,36-22-12-4-13-23-36)37-24-14-5-15-25-37;/h1-28H,29-31H2;1H/q+1;/p-1. The van der Waals surface area contributed by atoms with Crippen molar-refractivity contribution in [3.63, 3.8) is 0 Å². The number of halogens is 1. The Labute approximate surface area is 266 Å². The summed E-state index contributed by atoms with van der Waals surface area (Å²) < 4.78 is 12.8. The van der Waals surface area contributed by atoms with Crippen molar-refractivity contribution in [3.8, 4) is 11.5 Å². The van der Waals surface area contributed by atoms with Crippen LogP contribution in [0.2, 0.25) is 0 Å². The molecular weight excluding hydrogens is 611 g/mol. The minimum Gasteiger partial charge on any atom is -1.00 e. The smallest absolute Gasteiger partial charge is 0.162 e. The van der Waals surface area contributed by atoms with Crippen LogP contribution in [0.3, 0.4) is 0 Å². The van der Waals surface area contributed by atoms with E-state index in [1.165, 1.54) is 21.5 Å². The topological polar surface area (TPSA) is 18.5 Å². The second-order valence-corrected chi connectivity index (χ2v) is 13.8. The third-order valence-corrected chi connectivity index (χ3v) is 11.9. The Hall–Kier alpha value is -4.17. The summed E-state index contributed by atoms with van der Waals surface area (Å²) in [6.07, 6.45) is 0.867. The lowest BCUT2D eigenvalue weighted by molar-refractivity contribution is -0.00000876. The fourth-order valence-electron chi connectivity index (χ4n) is 5.40. The van der Waals surface area contributed by atoms with Crippen LogP contribution in [0, 0.1) is 0 Å². The second-order valence-electron chi connectivity index (χ2n) is 10.3. The van der Waals surface area contributed by atoms with Crippen molar-refractivity contribution in [1.82, 2.24) is 0 Å². The number of hydrogen-bond acceptors (Lipinski definition) is 2. The average Bonchev–Trinajstić information content (AvgIpc) is 3.08. The van der Waals surface area contributed by atoms with Crippen molar-refractivity contribution in [2.45, 2.75) is 19.4 Å². The molecule has 0 saturated heterocycles. The van der Waals surface area contributed by atoms with Crippen LogP contribution >= 0.6 is 7.26 Å². The first-order valence-corrected chi connectivity index (χ1v) is 16.3. The average molecular weight is 646 g/mol. The second kappa shape index (κ2) is 14.8. The molecule has 0 unspecified atom stereocenters. The van der Waals surface area contributed by atoms with Gasteiger partial charge in [0.2, 0.25) is 0 Å². The van der Waals surface area contributed by atoms with Gasteiger partial charge in [-0.25, -0.2) is 0 Å². The summed E-state index contributed by atoms with van der Waals surface area (Å²) in [7, 11) is -2.05. The molecule has 4 heteroatoms. The van der Waals surface area contributed by atoms with Gasteiger partial charge < -0.3 is 26.5 Å². The maximum absolute atomic E-state index is 6.47. The summed E-state index contributed by atoms with van der Waals surface area (Å²) in [6, 6.07) is 60.0. The van der Waals surface area contributed by atoms with Crippen LogP contribution < -0.4 is 42.4 Å². The van der Waals surface area contributed by atoms with Crippen molar-refractivity contribution in [1.29, 1.82) is 0 Å². The summed E-state index contributed by atoms with van der Waals surface area (Å²) in [5.74, 6) is 1.51. The zero-order chi connectivity index (χ0) is 28.5. The van der Waals surface area contributed by atoms with Crippen LogP contribution in [0.25, 0.3) is 0 Å². The highest BCUT2D eigenvalue weighted by molar-refractivity contribution is 7.95. The number of ether oxygens (including phenoxy) is 2. The van der Waals surface area contributed by atoms with Crippen molar-refractivity contribution >= 4 is 23.2 Å². The normalized spacial score (nSPS) is 10.9. The van der Waals surface area contributed by atoms with Crippen LogP contribution in [0.5, 0.6) is 11.5 Å². The minimum absolute atomic E-state index is 0. The number of benzene rings is 6. The van der Waals surface area contributed by atoms with Gasteiger partial charge >= 0.3 is 0 Å². The summed E-state index contributed by atoms with van der Waals surface area (Å²) in [5, 5.41) is 4.08. The lowest BCUT2D eigenvalue weighted by Gasteiger charge is -2.28. The van der Waals surface area contributed by atoms with Gasteiger partial charge in [0.1, 0.15) is 36.4 Å². The van der Waals surface area contributed by atoms with Gasteiger partial charge in [0.15, 0.2) is 11.5 Å². The lowest BCUT2D eigenvalue weighted by Crippen LogP contribution is -3.00. The van der Waals surface area contributed by atoms with E-state index in [1.54, 1.807) is 0 Å². The van der Waals surface area contributed by atoms with Crippen LogP contribution in [-0.2, 0) is 19.4 Å². The van der Waals surface area contributed by atoms with Gasteiger partial charge in [-0.1, -0.05) is 121 Å². The van der Waals surface area contributed by atoms with E-state index in [1.807, 2.05) is 36.4 Å². The van der Waals surface area contributed by atoms with E-state index in [0.717, 1.165) is 28.8 Å². The highest BCUT2D eigenvalue weighted by Crippen LogP contribution is 2.58. The summed E-state index contributed by atoms with van der Waals surface area (Å²) in [4.78, 5) is 0. The molecule has 0 amide bonds. The molecule has 0 heterocycles. The Morgan fingerprint density at radius 2 is 0.744 bits per heavy atom. The van der Waals surface area contributed by atoms with E-state index in [2.05, 4.69) is 133 Å². The number of rotatable bonds is 11. The summed E-state index contributed by atoms with van der Waals surface area (Å²) >= 11 is 0. The van der Waals surface area contributed by atoms with Crippen LogP contribution in [0.1, 0.15) is 16.7 Å². The zero-order valence-electron chi connectivity index (χ0n) is 23.9. The molecule has 0 aromatic heterocycles. The molecule has 0 aliphatic heterocycles. The first-order chi connectivity index (χ1) is 20.8. The molecule has 0 fully saturated rings. The molecule has 0 aliphatic carbocycles. The molecule has 0 saturated carbocycles. The van der Waals surface area contributed by atoms with Crippen molar-refractivity contribution < 1.29 is 26.5 Å².